The first-order valence-electron chi connectivity index (χ1n) is 9.79. The Kier molecular flexibility index (Phi) is 6.58. The van der Waals surface area contributed by atoms with Crippen LogP contribution >= 0.6 is 0 Å². The highest BCUT2D eigenvalue weighted by Gasteiger charge is 2.34. The van der Waals surface area contributed by atoms with Gasteiger partial charge in [-0.3, -0.25) is 4.79 Å². The van der Waals surface area contributed by atoms with Crippen LogP contribution in [-0.4, -0.2) is 44.8 Å². The molecule has 1 atom stereocenters. The molecule has 0 radical (unpaired) electrons. The number of carbonyl (C=O) groups excluding carboxylic acids is 2. The van der Waals surface area contributed by atoms with Crippen LogP contribution in [0.1, 0.15) is 34.3 Å². The summed E-state index contributed by atoms with van der Waals surface area (Å²) in [5.74, 6) is -1.37. The first-order chi connectivity index (χ1) is 14.2. The molecule has 0 bridgehead atoms. The van der Waals surface area contributed by atoms with Gasteiger partial charge in [-0.1, -0.05) is 24.3 Å². The molecule has 1 aliphatic rings. The Balaban J connectivity index is 1.79. The molecule has 1 fully saturated rings. The maximum Gasteiger partial charge on any atom is 0.339 e. The van der Waals surface area contributed by atoms with E-state index in [4.69, 9.17) is 4.74 Å². The number of amides is 1. The van der Waals surface area contributed by atoms with E-state index in [0.29, 0.717) is 30.6 Å². The zero-order chi connectivity index (χ0) is 21.9. The fourth-order valence-electron chi connectivity index (χ4n) is 3.61. The monoisotopic (exact) mass is 430 g/mol. The number of hydrogen-bond acceptors (Lipinski definition) is 5. The van der Waals surface area contributed by atoms with Gasteiger partial charge in [0.1, 0.15) is 0 Å². The Hall–Kier alpha value is -2.71. The molecule has 160 valence electrons. The number of para-hydroxylation sites is 1. The van der Waals surface area contributed by atoms with E-state index in [1.165, 1.54) is 11.4 Å². The number of aryl methyl sites for hydroxylation is 2. The summed E-state index contributed by atoms with van der Waals surface area (Å²) in [5, 5.41) is 2.77. The lowest BCUT2D eigenvalue weighted by Gasteiger charge is -2.31. The molecule has 2 aromatic rings. The Labute approximate surface area is 177 Å². The number of anilines is 1. The molecular formula is C22H26N2O5S. The van der Waals surface area contributed by atoms with Crippen molar-refractivity contribution in [3.05, 3.63) is 59.2 Å². The van der Waals surface area contributed by atoms with E-state index in [0.717, 1.165) is 5.56 Å². The predicted molar refractivity (Wildman–Crippen MR) is 114 cm³/mol. The number of hydrogen-bond donors (Lipinski definition) is 1. The highest BCUT2D eigenvalue weighted by Crippen LogP contribution is 2.27. The minimum atomic E-state index is -3.70. The zero-order valence-electron chi connectivity index (χ0n) is 17.3. The minimum absolute atomic E-state index is 0.0991. The van der Waals surface area contributed by atoms with E-state index < -0.39 is 21.9 Å². The number of sulfonamides is 1. The molecule has 0 unspecified atom stereocenters. The molecule has 7 nitrogen and oxygen atoms in total. The Morgan fingerprint density at radius 1 is 1.13 bits per heavy atom. The van der Waals surface area contributed by atoms with Crippen LogP contribution in [0.3, 0.4) is 0 Å². The number of carbonyl (C=O) groups is 2. The van der Waals surface area contributed by atoms with Gasteiger partial charge in [0.25, 0.3) is 0 Å². The molecule has 1 saturated heterocycles. The number of methoxy groups -OCH3 is 1. The van der Waals surface area contributed by atoms with Crippen molar-refractivity contribution in [2.45, 2.75) is 31.6 Å². The molecule has 1 heterocycles. The van der Waals surface area contributed by atoms with Gasteiger partial charge >= 0.3 is 5.97 Å². The molecule has 0 saturated carbocycles. The molecule has 0 aliphatic carbocycles. The molecule has 3 rings (SSSR count). The Morgan fingerprint density at radius 2 is 1.87 bits per heavy atom. The van der Waals surface area contributed by atoms with Crippen LogP contribution in [0.15, 0.2) is 47.4 Å². The number of ether oxygens (including phenoxy) is 1. The van der Waals surface area contributed by atoms with Crippen LogP contribution in [-0.2, 0) is 19.6 Å². The van der Waals surface area contributed by atoms with E-state index >= 15 is 0 Å². The third kappa shape index (κ3) is 4.55. The average Bonchev–Trinajstić information content (AvgIpc) is 2.75. The predicted octanol–water partition coefficient (Wildman–Crippen LogP) is 3.13. The van der Waals surface area contributed by atoms with Crippen LogP contribution in [0.25, 0.3) is 0 Å². The SMILES string of the molecule is COC(=O)c1ccccc1NC(=O)[C@H]1CCCN(S(=O)(=O)c2cc(C)ccc2C)C1. The second-order valence-corrected chi connectivity index (χ2v) is 9.40. The second kappa shape index (κ2) is 8.97. The summed E-state index contributed by atoms with van der Waals surface area (Å²) in [6, 6.07) is 11.9. The minimum Gasteiger partial charge on any atom is -0.465 e. The molecule has 1 aliphatic heterocycles. The fraction of sp³-hybridized carbons (Fsp3) is 0.364. The smallest absolute Gasteiger partial charge is 0.339 e. The van der Waals surface area contributed by atoms with Crippen LogP contribution in [0.5, 0.6) is 0 Å². The first kappa shape index (κ1) is 22.0. The number of rotatable bonds is 5. The van der Waals surface area contributed by atoms with E-state index in [-0.39, 0.29) is 22.9 Å². The lowest BCUT2D eigenvalue weighted by molar-refractivity contribution is -0.120. The number of nitrogens with zero attached hydrogens (tertiary/aromatic N) is 1. The van der Waals surface area contributed by atoms with Gasteiger partial charge in [0.2, 0.25) is 15.9 Å². The van der Waals surface area contributed by atoms with Gasteiger partial charge in [-0.2, -0.15) is 4.31 Å². The van der Waals surface area contributed by atoms with Crippen molar-refractivity contribution in [2.75, 3.05) is 25.5 Å². The van der Waals surface area contributed by atoms with Gasteiger partial charge in [-0.15, -0.1) is 0 Å². The van der Waals surface area contributed by atoms with Crippen molar-refractivity contribution in [2.24, 2.45) is 5.92 Å². The quantitative estimate of drug-likeness (QED) is 0.736. The van der Waals surface area contributed by atoms with Gasteiger partial charge in [-0.25, -0.2) is 13.2 Å². The van der Waals surface area contributed by atoms with E-state index in [2.05, 4.69) is 5.32 Å². The maximum atomic E-state index is 13.2. The summed E-state index contributed by atoms with van der Waals surface area (Å²) < 4.78 is 32.5. The van der Waals surface area contributed by atoms with Crippen LogP contribution < -0.4 is 5.32 Å². The summed E-state index contributed by atoms with van der Waals surface area (Å²) in [5.41, 5.74) is 2.15. The van der Waals surface area contributed by atoms with E-state index in [1.54, 1.807) is 43.3 Å². The van der Waals surface area contributed by atoms with E-state index in [9.17, 15) is 18.0 Å². The number of piperidine rings is 1. The second-order valence-electron chi connectivity index (χ2n) is 7.50. The van der Waals surface area contributed by atoms with Gasteiger partial charge in [0.05, 0.1) is 29.2 Å². The van der Waals surface area contributed by atoms with Crippen LogP contribution in [0, 0.1) is 19.8 Å². The van der Waals surface area contributed by atoms with Crippen molar-refractivity contribution in [1.82, 2.24) is 4.31 Å². The molecule has 0 spiro atoms. The first-order valence-corrected chi connectivity index (χ1v) is 11.2. The summed E-state index contributed by atoms with van der Waals surface area (Å²) in [7, 11) is -2.42. The van der Waals surface area contributed by atoms with Gasteiger partial charge in [0.15, 0.2) is 0 Å². The summed E-state index contributed by atoms with van der Waals surface area (Å²) in [6.07, 6.45) is 1.16. The topological polar surface area (TPSA) is 92.8 Å². The molecular weight excluding hydrogens is 404 g/mol. The standard InChI is InChI=1S/C22H26N2O5S/c1-15-10-11-16(2)20(13-15)30(27,28)24-12-6-7-17(14-24)21(25)23-19-9-5-4-8-18(19)22(26)29-3/h4-5,8-11,13,17H,6-7,12,14H2,1-3H3,(H,23,25)/t17-/m0/s1. The third-order valence-electron chi connectivity index (χ3n) is 5.31. The van der Waals surface area contributed by atoms with Crippen LogP contribution in [0.2, 0.25) is 0 Å². The number of esters is 1. The summed E-state index contributed by atoms with van der Waals surface area (Å²) >= 11 is 0. The van der Waals surface area contributed by atoms with Crippen molar-refractivity contribution in [3.63, 3.8) is 0 Å². The number of nitrogens with one attached hydrogen (secondary N) is 1. The Morgan fingerprint density at radius 3 is 2.60 bits per heavy atom. The Bertz CT molecular complexity index is 1060. The van der Waals surface area contributed by atoms with Gasteiger partial charge in [0, 0.05) is 13.1 Å². The molecule has 2 aromatic carbocycles. The van der Waals surface area contributed by atoms with Gasteiger partial charge < -0.3 is 10.1 Å². The van der Waals surface area contributed by atoms with Crippen molar-refractivity contribution < 1.29 is 22.7 Å². The fourth-order valence-corrected chi connectivity index (χ4v) is 5.45. The van der Waals surface area contributed by atoms with Gasteiger partial charge in [-0.05, 0) is 56.0 Å². The maximum absolute atomic E-state index is 13.2. The molecule has 30 heavy (non-hydrogen) atoms. The molecule has 0 aromatic heterocycles. The molecule has 1 amide bonds. The normalized spacial score (nSPS) is 17.4. The number of benzene rings is 2. The summed E-state index contributed by atoms with van der Waals surface area (Å²) in [6.45, 7) is 4.09. The van der Waals surface area contributed by atoms with E-state index in [1.807, 2.05) is 13.0 Å². The lowest BCUT2D eigenvalue weighted by atomic mass is 9.98. The highest BCUT2D eigenvalue weighted by atomic mass is 32.2. The summed E-state index contributed by atoms with van der Waals surface area (Å²) in [4.78, 5) is 25.1. The molecule has 1 N–H and O–H groups in total. The van der Waals surface area contributed by atoms with Crippen LogP contribution in [0.4, 0.5) is 5.69 Å². The zero-order valence-corrected chi connectivity index (χ0v) is 18.2. The van der Waals surface area contributed by atoms with Crippen molar-refractivity contribution >= 4 is 27.6 Å². The largest absolute Gasteiger partial charge is 0.465 e. The van der Waals surface area contributed by atoms with Crippen molar-refractivity contribution in [3.8, 4) is 0 Å². The molecule has 8 heteroatoms. The average molecular weight is 431 g/mol. The van der Waals surface area contributed by atoms with Crippen molar-refractivity contribution in [1.29, 1.82) is 0 Å². The highest BCUT2D eigenvalue weighted by molar-refractivity contribution is 7.89. The lowest BCUT2D eigenvalue weighted by Crippen LogP contribution is -2.44. The third-order valence-corrected chi connectivity index (χ3v) is 7.31.